The number of sulfonamides is 1. The maximum atomic E-state index is 12.4. The second kappa shape index (κ2) is 6.56. The van der Waals surface area contributed by atoms with Crippen LogP contribution in [0.25, 0.3) is 0 Å². The number of nitrogens with zero attached hydrogens (tertiary/aromatic N) is 2. The van der Waals surface area contributed by atoms with Crippen molar-refractivity contribution in [1.82, 2.24) is 9.29 Å². The van der Waals surface area contributed by atoms with Gasteiger partial charge in [-0.05, 0) is 35.2 Å². The van der Waals surface area contributed by atoms with Gasteiger partial charge in [-0.25, -0.2) is 13.4 Å². The SMILES string of the molecule is CSCC(C)N(C)S(=O)(=O)c1cc(Br)cnc1Cl. The summed E-state index contributed by atoms with van der Waals surface area (Å²) in [5.74, 6) is 0.717. The fourth-order valence-corrected chi connectivity index (χ4v) is 4.40. The van der Waals surface area contributed by atoms with Crippen LogP contribution in [0.1, 0.15) is 6.92 Å². The van der Waals surface area contributed by atoms with E-state index in [1.165, 1.54) is 16.6 Å². The summed E-state index contributed by atoms with van der Waals surface area (Å²) < 4.78 is 26.7. The average molecular weight is 374 g/mol. The second-order valence-corrected chi connectivity index (χ2v) is 7.92. The Balaban J connectivity index is 3.17. The Morgan fingerprint density at radius 2 is 2.22 bits per heavy atom. The van der Waals surface area contributed by atoms with Crippen molar-refractivity contribution in [1.29, 1.82) is 0 Å². The standard InChI is InChI=1S/C10H14BrClN2O2S2/c1-7(6-17-3)14(2)18(15,16)9-4-8(11)5-13-10(9)12/h4-5,7H,6H2,1-3H3. The lowest BCUT2D eigenvalue weighted by Crippen LogP contribution is -2.36. The molecule has 0 bridgehead atoms. The lowest BCUT2D eigenvalue weighted by Gasteiger charge is -2.23. The first-order valence-electron chi connectivity index (χ1n) is 5.08. The van der Waals surface area contributed by atoms with Crippen molar-refractivity contribution in [3.63, 3.8) is 0 Å². The van der Waals surface area contributed by atoms with Crippen LogP contribution in [-0.2, 0) is 10.0 Å². The van der Waals surface area contributed by atoms with Gasteiger partial charge in [0.15, 0.2) is 0 Å². The Hall–Kier alpha value is 0.180. The predicted molar refractivity (Wildman–Crippen MR) is 79.7 cm³/mol. The number of halogens is 2. The molecule has 1 atom stereocenters. The topological polar surface area (TPSA) is 50.3 Å². The molecule has 0 aliphatic carbocycles. The van der Waals surface area contributed by atoms with E-state index in [1.54, 1.807) is 18.8 Å². The van der Waals surface area contributed by atoms with Gasteiger partial charge in [-0.3, -0.25) is 0 Å². The maximum Gasteiger partial charge on any atom is 0.246 e. The molecule has 1 aromatic rings. The van der Waals surface area contributed by atoms with Crippen molar-refractivity contribution in [3.8, 4) is 0 Å². The summed E-state index contributed by atoms with van der Waals surface area (Å²) in [7, 11) is -2.07. The third-order valence-corrected chi connectivity index (χ3v) is 6.11. The van der Waals surface area contributed by atoms with Gasteiger partial charge < -0.3 is 0 Å². The molecule has 0 aliphatic heterocycles. The van der Waals surface area contributed by atoms with E-state index in [1.807, 2.05) is 13.2 Å². The fraction of sp³-hybridized carbons (Fsp3) is 0.500. The molecular formula is C10H14BrClN2O2S2. The summed E-state index contributed by atoms with van der Waals surface area (Å²) in [6, 6.07) is 1.35. The lowest BCUT2D eigenvalue weighted by atomic mass is 10.4. The Morgan fingerprint density at radius 3 is 2.78 bits per heavy atom. The van der Waals surface area contributed by atoms with Gasteiger partial charge in [-0.15, -0.1) is 0 Å². The fourth-order valence-electron chi connectivity index (χ4n) is 1.32. The van der Waals surface area contributed by atoms with Crippen molar-refractivity contribution >= 4 is 49.3 Å². The van der Waals surface area contributed by atoms with E-state index in [4.69, 9.17) is 11.6 Å². The number of hydrogen-bond donors (Lipinski definition) is 0. The minimum Gasteiger partial charge on any atom is -0.242 e. The van der Waals surface area contributed by atoms with Crippen LogP contribution in [0.2, 0.25) is 5.15 Å². The highest BCUT2D eigenvalue weighted by Gasteiger charge is 2.28. The molecular weight excluding hydrogens is 360 g/mol. The first kappa shape index (κ1) is 16.2. The van der Waals surface area contributed by atoms with Crippen LogP contribution in [-0.4, -0.2) is 42.8 Å². The lowest BCUT2D eigenvalue weighted by molar-refractivity contribution is 0.415. The second-order valence-electron chi connectivity index (χ2n) is 3.77. The molecule has 0 aromatic carbocycles. The zero-order chi connectivity index (χ0) is 13.9. The number of pyridine rings is 1. The largest absolute Gasteiger partial charge is 0.246 e. The molecule has 0 radical (unpaired) electrons. The van der Waals surface area contributed by atoms with Crippen molar-refractivity contribution in [2.45, 2.75) is 17.9 Å². The first-order valence-corrected chi connectivity index (χ1v) is 9.09. The summed E-state index contributed by atoms with van der Waals surface area (Å²) in [5, 5.41) is -0.0126. The summed E-state index contributed by atoms with van der Waals surface area (Å²) in [4.78, 5) is 3.86. The number of aromatic nitrogens is 1. The van der Waals surface area contributed by atoms with E-state index >= 15 is 0 Å². The highest BCUT2D eigenvalue weighted by Crippen LogP contribution is 2.26. The number of thioether (sulfide) groups is 1. The minimum atomic E-state index is -3.62. The van der Waals surface area contributed by atoms with Gasteiger partial charge in [-0.1, -0.05) is 11.6 Å². The van der Waals surface area contributed by atoms with E-state index in [2.05, 4.69) is 20.9 Å². The van der Waals surface area contributed by atoms with Gasteiger partial charge in [0.25, 0.3) is 0 Å². The van der Waals surface area contributed by atoms with Crippen molar-refractivity contribution in [3.05, 3.63) is 21.9 Å². The number of rotatable bonds is 5. The molecule has 0 saturated carbocycles. The van der Waals surface area contributed by atoms with E-state index in [-0.39, 0.29) is 16.1 Å². The molecule has 0 aliphatic rings. The van der Waals surface area contributed by atoms with E-state index < -0.39 is 10.0 Å². The van der Waals surface area contributed by atoms with Gasteiger partial charge in [0.1, 0.15) is 10.0 Å². The van der Waals surface area contributed by atoms with Crippen molar-refractivity contribution < 1.29 is 8.42 Å². The molecule has 0 fully saturated rings. The van der Waals surface area contributed by atoms with Gasteiger partial charge in [-0.2, -0.15) is 16.1 Å². The Labute approximate surface area is 125 Å². The molecule has 102 valence electrons. The summed E-state index contributed by atoms with van der Waals surface area (Å²) in [6.45, 7) is 1.85. The van der Waals surface area contributed by atoms with Crippen LogP contribution < -0.4 is 0 Å². The van der Waals surface area contributed by atoms with Crippen LogP contribution in [0.3, 0.4) is 0 Å². The molecule has 1 aromatic heterocycles. The van der Waals surface area contributed by atoms with Crippen molar-refractivity contribution in [2.75, 3.05) is 19.1 Å². The molecule has 0 amide bonds. The third kappa shape index (κ3) is 3.60. The number of hydrogen-bond acceptors (Lipinski definition) is 4. The quantitative estimate of drug-likeness (QED) is 0.745. The normalized spacial score (nSPS) is 13.9. The first-order chi connectivity index (χ1) is 8.30. The van der Waals surface area contributed by atoms with E-state index in [0.717, 1.165) is 5.75 Å². The van der Waals surface area contributed by atoms with Gasteiger partial charge >= 0.3 is 0 Å². The van der Waals surface area contributed by atoms with E-state index in [0.29, 0.717) is 4.47 Å². The Bertz CT molecular complexity index is 525. The van der Waals surface area contributed by atoms with Crippen LogP contribution in [0, 0.1) is 0 Å². The molecule has 0 N–H and O–H groups in total. The van der Waals surface area contributed by atoms with Crippen LogP contribution in [0.4, 0.5) is 0 Å². The maximum absolute atomic E-state index is 12.4. The van der Waals surface area contributed by atoms with Crippen LogP contribution in [0.15, 0.2) is 21.6 Å². The molecule has 0 saturated heterocycles. The third-order valence-electron chi connectivity index (χ3n) is 2.46. The average Bonchev–Trinajstić information content (AvgIpc) is 2.31. The van der Waals surface area contributed by atoms with Crippen LogP contribution >= 0.6 is 39.3 Å². The minimum absolute atomic E-state index is 0.0126. The summed E-state index contributed by atoms with van der Waals surface area (Å²) in [6.07, 6.45) is 3.40. The highest BCUT2D eigenvalue weighted by atomic mass is 79.9. The smallest absolute Gasteiger partial charge is 0.242 e. The molecule has 1 heterocycles. The zero-order valence-electron chi connectivity index (χ0n) is 10.2. The predicted octanol–water partition coefficient (Wildman–Crippen LogP) is 2.87. The molecule has 1 rings (SSSR count). The summed E-state index contributed by atoms with van der Waals surface area (Å²) >= 11 is 10.7. The summed E-state index contributed by atoms with van der Waals surface area (Å²) in [5.41, 5.74) is 0. The molecule has 0 spiro atoms. The van der Waals surface area contributed by atoms with Crippen LogP contribution in [0.5, 0.6) is 0 Å². The van der Waals surface area contributed by atoms with Gasteiger partial charge in [0.2, 0.25) is 10.0 Å². The molecule has 1 unspecified atom stereocenters. The van der Waals surface area contributed by atoms with Gasteiger partial charge in [0, 0.05) is 29.5 Å². The highest BCUT2D eigenvalue weighted by molar-refractivity contribution is 9.10. The van der Waals surface area contributed by atoms with Crippen molar-refractivity contribution in [2.24, 2.45) is 0 Å². The Kier molecular flexibility index (Phi) is 5.92. The molecule has 8 heteroatoms. The zero-order valence-corrected chi connectivity index (χ0v) is 14.2. The molecule has 4 nitrogen and oxygen atoms in total. The Morgan fingerprint density at radius 1 is 1.61 bits per heavy atom. The monoisotopic (exact) mass is 372 g/mol. The molecule has 18 heavy (non-hydrogen) atoms. The van der Waals surface area contributed by atoms with Gasteiger partial charge in [0.05, 0.1) is 0 Å². The van der Waals surface area contributed by atoms with E-state index in [9.17, 15) is 8.42 Å².